The number of allylic oxidation sites excluding steroid dienone is 2. The third-order valence-corrected chi connectivity index (χ3v) is 5.04. The fourth-order valence-electron chi connectivity index (χ4n) is 3.65. The molecule has 1 aliphatic heterocycles. The molecular formula is C24H25NO5. The molecular weight excluding hydrogens is 382 g/mol. The minimum Gasteiger partial charge on any atom is -0.489 e. The molecule has 0 atom stereocenters. The monoisotopic (exact) mass is 407 g/mol. The lowest BCUT2D eigenvalue weighted by molar-refractivity contribution is -0.137. The maximum atomic E-state index is 12.7. The van der Waals surface area contributed by atoms with Crippen molar-refractivity contribution in [3.8, 4) is 5.75 Å². The third-order valence-electron chi connectivity index (χ3n) is 5.04. The molecule has 0 radical (unpaired) electrons. The average Bonchev–Trinajstić information content (AvgIpc) is 2.77. The highest BCUT2D eigenvalue weighted by Gasteiger charge is 2.38. The predicted octanol–water partition coefficient (Wildman–Crippen LogP) is 3.85. The molecule has 2 aromatic rings. The Morgan fingerprint density at radius 2 is 1.37 bits per heavy atom. The number of esters is 2. The van der Waals surface area contributed by atoms with E-state index in [1.807, 2.05) is 54.6 Å². The molecule has 6 nitrogen and oxygen atoms in total. The van der Waals surface area contributed by atoms with Crippen molar-refractivity contribution in [1.82, 2.24) is 5.32 Å². The molecule has 6 heteroatoms. The van der Waals surface area contributed by atoms with Gasteiger partial charge >= 0.3 is 11.9 Å². The van der Waals surface area contributed by atoms with E-state index in [0.29, 0.717) is 40.5 Å². The number of benzene rings is 2. The van der Waals surface area contributed by atoms with E-state index in [0.717, 1.165) is 5.56 Å². The highest BCUT2D eigenvalue weighted by Crippen LogP contribution is 2.42. The summed E-state index contributed by atoms with van der Waals surface area (Å²) < 4.78 is 16.2. The van der Waals surface area contributed by atoms with Crippen molar-refractivity contribution < 1.29 is 23.8 Å². The molecule has 0 aromatic heterocycles. The van der Waals surface area contributed by atoms with E-state index in [9.17, 15) is 9.59 Å². The fraction of sp³-hybridized carbons (Fsp3) is 0.250. The molecule has 30 heavy (non-hydrogen) atoms. The van der Waals surface area contributed by atoms with Gasteiger partial charge in [-0.3, -0.25) is 0 Å². The average molecular weight is 407 g/mol. The van der Waals surface area contributed by atoms with Gasteiger partial charge in [0.15, 0.2) is 0 Å². The topological polar surface area (TPSA) is 73.9 Å². The van der Waals surface area contributed by atoms with Gasteiger partial charge in [0.25, 0.3) is 0 Å². The minimum absolute atomic E-state index is 0.347. The van der Waals surface area contributed by atoms with E-state index >= 15 is 0 Å². The van der Waals surface area contributed by atoms with Crippen LogP contribution in [0.1, 0.15) is 30.9 Å². The summed E-state index contributed by atoms with van der Waals surface area (Å²) in [5, 5.41) is 3.10. The summed E-state index contributed by atoms with van der Waals surface area (Å²) in [5.74, 6) is -1.14. The van der Waals surface area contributed by atoms with Crippen LogP contribution in [0.2, 0.25) is 0 Å². The number of methoxy groups -OCH3 is 2. The molecule has 0 amide bonds. The van der Waals surface area contributed by atoms with Crippen molar-refractivity contribution in [3.05, 3.63) is 88.3 Å². The van der Waals surface area contributed by atoms with Crippen LogP contribution in [-0.2, 0) is 25.7 Å². The van der Waals surface area contributed by atoms with E-state index < -0.39 is 17.9 Å². The number of ether oxygens (including phenoxy) is 3. The first-order valence-corrected chi connectivity index (χ1v) is 9.58. The predicted molar refractivity (Wildman–Crippen MR) is 113 cm³/mol. The van der Waals surface area contributed by atoms with Gasteiger partial charge in [-0.15, -0.1) is 0 Å². The Morgan fingerprint density at radius 3 is 1.93 bits per heavy atom. The molecule has 1 N–H and O–H groups in total. The van der Waals surface area contributed by atoms with E-state index in [1.54, 1.807) is 13.8 Å². The van der Waals surface area contributed by atoms with Gasteiger partial charge < -0.3 is 19.5 Å². The molecule has 2 aromatic carbocycles. The molecule has 1 heterocycles. The van der Waals surface area contributed by atoms with Crippen LogP contribution >= 0.6 is 0 Å². The molecule has 1 aliphatic rings. The molecule has 3 rings (SSSR count). The van der Waals surface area contributed by atoms with Crippen LogP contribution in [0, 0.1) is 0 Å². The summed E-state index contributed by atoms with van der Waals surface area (Å²) in [6, 6.07) is 17.2. The van der Waals surface area contributed by atoms with Gasteiger partial charge in [-0.25, -0.2) is 9.59 Å². The summed E-state index contributed by atoms with van der Waals surface area (Å²) in [7, 11) is 2.64. The number of rotatable bonds is 6. The Labute approximate surface area is 176 Å². The number of hydrogen-bond donors (Lipinski definition) is 1. The van der Waals surface area contributed by atoms with Crippen molar-refractivity contribution in [2.75, 3.05) is 14.2 Å². The van der Waals surface area contributed by atoms with Crippen molar-refractivity contribution in [3.63, 3.8) is 0 Å². The van der Waals surface area contributed by atoms with Gasteiger partial charge in [-0.1, -0.05) is 48.5 Å². The zero-order valence-corrected chi connectivity index (χ0v) is 17.5. The highest BCUT2D eigenvalue weighted by atomic mass is 16.5. The summed E-state index contributed by atoms with van der Waals surface area (Å²) in [6.07, 6.45) is 0. The first kappa shape index (κ1) is 21.2. The summed E-state index contributed by atoms with van der Waals surface area (Å²) in [5.41, 5.74) is 3.63. The second-order valence-electron chi connectivity index (χ2n) is 6.93. The first-order valence-electron chi connectivity index (χ1n) is 9.58. The van der Waals surface area contributed by atoms with Gasteiger partial charge in [-0.2, -0.15) is 0 Å². The number of nitrogens with one attached hydrogen (secondary N) is 1. The Hall–Kier alpha value is -3.54. The summed E-state index contributed by atoms with van der Waals surface area (Å²) in [6.45, 7) is 3.92. The van der Waals surface area contributed by atoms with Crippen LogP contribution in [0.3, 0.4) is 0 Å². The molecule has 0 bridgehead atoms. The fourth-order valence-corrected chi connectivity index (χ4v) is 3.65. The number of dihydropyridines is 1. The molecule has 156 valence electrons. The maximum absolute atomic E-state index is 12.7. The van der Waals surface area contributed by atoms with Crippen molar-refractivity contribution >= 4 is 11.9 Å². The number of carbonyl (C=O) groups is 2. The largest absolute Gasteiger partial charge is 0.489 e. The van der Waals surface area contributed by atoms with Gasteiger partial charge in [0.1, 0.15) is 12.4 Å². The zero-order chi connectivity index (χ0) is 21.7. The zero-order valence-electron chi connectivity index (χ0n) is 17.5. The van der Waals surface area contributed by atoms with E-state index in [-0.39, 0.29) is 0 Å². The van der Waals surface area contributed by atoms with E-state index in [2.05, 4.69) is 5.32 Å². The highest BCUT2D eigenvalue weighted by molar-refractivity contribution is 6.00. The molecule has 0 aliphatic carbocycles. The second-order valence-corrected chi connectivity index (χ2v) is 6.93. The van der Waals surface area contributed by atoms with Crippen molar-refractivity contribution in [2.45, 2.75) is 26.4 Å². The summed E-state index contributed by atoms with van der Waals surface area (Å²) in [4.78, 5) is 25.4. The van der Waals surface area contributed by atoms with Gasteiger partial charge in [0.2, 0.25) is 0 Å². The molecule has 0 spiro atoms. The second kappa shape index (κ2) is 9.31. The Bertz CT molecular complexity index is 969. The molecule has 0 saturated carbocycles. The van der Waals surface area contributed by atoms with Crippen LogP contribution < -0.4 is 10.1 Å². The van der Waals surface area contributed by atoms with Crippen LogP contribution in [0.25, 0.3) is 0 Å². The Balaban J connectivity index is 2.10. The molecule has 0 unspecified atom stereocenters. The molecule has 0 saturated heterocycles. The van der Waals surface area contributed by atoms with E-state index in [4.69, 9.17) is 14.2 Å². The van der Waals surface area contributed by atoms with Gasteiger partial charge in [-0.05, 0) is 25.5 Å². The first-order chi connectivity index (χ1) is 14.5. The number of carbonyl (C=O) groups excluding carboxylic acids is 2. The molecule has 0 fully saturated rings. The van der Waals surface area contributed by atoms with Gasteiger partial charge in [0.05, 0.1) is 31.3 Å². The standard InChI is InChI=1S/C24H25NO5/c1-15-20(23(26)28-3)22(21(16(2)25-15)24(27)29-4)18-12-8-9-13-19(18)30-14-17-10-6-5-7-11-17/h5-13,22,25H,14H2,1-4H3. The van der Waals surface area contributed by atoms with Gasteiger partial charge in [0, 0.05) is 17.0 Å². The maximum Gasteiger partial charge on any atom is 0.336 e. The lowest BCUT2D eigenvalue weighted by Crippen LogP contribution is -2.32. The smallest absolute Gasteiger partial charge is 0.336 e. The van der Waals surface area contributed by atoms with Crippen molar-refractivity contribution in [2.24, 2.45) is 0 Å². The lowest BCUT2D eigenvalue weighted by atomic mass is 9.80. The van der Waals surface area contributed by atoms with Crippen LogP contribution in [0.15, 0.2) is 77.1 Å². The third kappa shape index (κ3) is 4.22. The van der Waals surface area contributed by atoms with E-state index in [1.165, 1.54) is 14.2 Å². The lowest BCUT2D eigenvalue weighted by Gasteiger charge is -2.31. The van der Waals surface area contributed by atoms with Crippen LogP contribution in [-0.4, -0.2) is 26.2 Å². The summed E-state index contributed by atoms with van der Waals surface area (Å²) >= 11 is 0. The Morgan fingerprint density at radius 1 is 0.833 bits per heavy atom. The Kier molecular flexibility index (Phi) is 6.57. The minimum atomic E-state index is -0.682. The normalized spacial score (nSPS) is 14.3. The van der Waals surface area contributed by atoms with Crippen molar-refractivity contribution in [1.29, 1.82) is 0 Å². The van der Waals surface area contributed by atoms with Crippen LogP contribution in [0.5, 0.6) is 5.75 Å². The quantitative estimate of drug-likeness (QED) is 0.734. The van der Waals surface area contributed by atoms with Crippen LogP contribution in [0.4, 0.5) is 0 Å². The SMILES string of the molecule is COC(=O)C1=C(C)NC(C)=C(C(=O)OC)C1c1ccccc1OCc1ccccc1. The number of hydrogen-bond acceptors (Lipinski definition) is 6. The number of para-hydroxylation sites is 1.